The van der Waals surface area contributed by atoms with E-state index in [0.29, 0.717) is 51.5 Å². The molecule has 0 radical (unpaired) electrons. The second-order valence-electron chi connectivity index (χ2n) is 8.43. The Hall–Kier alpha value is -1.83. The van der Waals surface area contributed by atoms with Crippen LogP contribution in [0.2, 0.25) is 0 Å². The van der Waals surface area contributed by atoms with Crippen LogP contribution < -0.4 is 10.6 Å². The summed E-state index contributed by atoms with van der Waals surface area (Å²) in [4.78, 5) is 33.0. The van der Waals surface area contributed by atoms with Gasteiger partial charge in [-0.15, -0.1) is 0 Å². The van der Waals surface area contributed by atoms with Crippen LogP contribution in [-0.4, -0.2) is 86.6 Å². The van der Waals surface area contributed by atoms with Crippen LogP contribution >= 0.6 is 0 Å². The number of hydrogen-bond donors (Lipinski definition) is 2. The van der Waals surface area contributed by atoms with Gasteiger partial charge in [0.15, 0.2) is 5.96 Å². The molecule has 1 saturated heterocycles. The molecule has 2 amide bonds. The van der Waals surface area contributed by atoms with Crippen molar-refractivity contribution in [1.29, 1.82) is 0 Å². The summed E-state index contributed by atoms with van der Waals surface area (Å²) >= 11 is 0. The van der Waals surface area contributed by atoms with Crippen molar-refractivity contribution in [3.8, 4) is 0 Å². The number of nitrogens with zero attached hydrogens (tertiary/aromatic N) is 3. The van der Waals surface area contributed by atoms with E-state index in [1.54, 1.807) is 7.11 Å². The number of rotatable bonds is 12. The number of aliphatic imine (C=N–C) groups is 1. The number of unbranched alkanes of at least 4 members (excludes halogenated alkanes) is 2. The van der Waals surface area contributed by atoms with Gasteiger partial charge in [0.05, 0.1) is 6.61 Å². The van der Waals surface area contributed by atoms with E-state index in [2.05, 4.69) is 36.4 Å². The fourth-order valence-corrected chi connectivity index (χ4v) is 3.44. The average Bonchev–Trinajstić information content (AvgIpc) is 2.70. The number of amides is 2. The molecule has 0 aromatic rings. The number of ether oxygens (including phenoxy) is 1. The van der Waals surface area contributed by atoms with Gasteiger partial charge >= 0.3 is 0 Å². The molecule has 0 aromatic heterocycles. The van der Waals surface area contributed by atoms with Crippen molar-refractivity contribution in [3.63, 3.8) is 0 Å². The molecule has 1 atom stereocenters. The molecular weight excluding hydrogens is 382 g/mol. The zero-order valence-electron chi connectivity index (χ0n) is 19.7. The van der Waals surface area contributed by atoms with Crippen molar-refractivity contribution in [2.24, 2.45) is 10.9 Å². The monoisotopic (exact) mass is 425 g/mol. The molecule has 8 heteroatoms. The Morgan fingerprint density at radius 1 is 1.00 bits per heavy atom. The van der Waals surface area contributed by atoms with Crippen LogP contribution in [0.1, 0.15) is 59.8 Å². The normalized spacial score (nSPS) is 16.0. The smallest absolute Gasteiger partial charge is 0.222 e. The Morgan fingerprint density at radius 3 is 2.20 bits per heavy atom. The molecule has 2 N–H and O–H groups in total. The predicted octanol–water partition coefficient (Wildman–Crippen LogP) is 1.85. The average molecular weight is 426 g/mol. The van der Waals surface area contributed by atoms with E-state index in [1.807, 2.05) is 16.7 Å². The first kappa shape index (κ1) is 26.2. The van der Waals surface area contributed by atoms with Crippen LogP contribution in [-0.2, 0) is 14.3 Å². The van der Waals surface area contributed by atoms with Gasteiger partial charge in [0.2, 0.25) is 11.8 Å². The minimum Gasteiger partial charge on any atom is -0.383 e. The van der Waals surface area contributed by atoms with Crippen LogP contribution in [0.4, 0.5) is 0 Å². The Kier molecular flexibility index (Phi) is 13.1. The third kappa shape index (κ3) is 10.8. The number of carbonyl (C=O) groups is 2. The van der Waals surface area contributed by atoms with E-state index in [-0.39, 0.29) is 17.9 Å². The van der Waals surface area contributed by atoms with Crippen LogP contribution in [0.15, 0.2) is 4.99 Å². The summed E-state index contributed by atoms with van der Waals surface area (Å²) in [5.41, 5.74) is 0. The van der Waals surface area contributed by atoms with E-state index >= 15 is 0 Å². The zero-order chi connectivity index (χ0) is 22.4. The summed E-state index contributed by atoms with van der Waals surface area (Å²) in [5.74, 6) is 1.60. The maximum absolute atomic E-state index is 12.4. The maximum Gasteiger partial charge on any atom is 0.222 e. The zero-order valence-corrected chi connectivity index (χ0v) is 19.7. The van der Waals surface area contributed by atoms with Crippen LogP contribution in [0.25, 0.3) is 0 Å². The van der Waals surface area contributed by atoms with Gasteiger partial charge in [0.25, 0.3) is 0 Å². The van der Waals surface area contributed by atoms with Gasteiger partial charge in [-0.05, 0) is 32.6 Å². The van der Waals surface area contributed by atoms with Gasteiger partial charge in [-0.3, -0.25) is 14.6 Å². The third-order valence-electron chi connectivity index (χ3n) is 5.03. The van der Waals surface area contributed by atoms with Gasteiger partial charge in [0.1, 0.15) is 0 Å². The van der Waals surface area contributed by atoms with E-state index in [0.717, 1.165) is 38.3 Å². The molecule has 1 rings (SSSR count). The first-order valence-corrected chi connectivity index (χ1v) is 11.5. The van der Waals surface area contributed by atoms with Gasteiger partial charge in [-0.2, -0.15) is 0 Å². The van der Waals surface area contributed by atoms with Gasteiger partial charge in [-0.25, -0.2) is 0 Å². The molecule has 0 saturated carbocycles. The quantitative estimate of drug-likeness (QED) is 0.283. The molecule has 1 unspecified atom stereocenters. The number of piperazine rings is 1. The van der Waals surface area contributed by atoms with Crippen LogP contribution in [0.3, 0.4) is 0 Å². The molecule has 0 aromatic carbocycles. The van der Waals surface area contributed by atoms with Crippen LogP contribution in [0.5, 0.6) is 0 Å². The summed E-state index contributed by atoms with van der Waals surface area (Å²) in [6.45, 7) is 13.0. The van der Waals surface area contributed by atoms with E-state index in [4.69, 9.17) is 4.74 Å². The van der Waals surface area contributed by atoms with Crippen molar-refractivity contribution >= 4 is 17.8 Å². The summed E-state index contributed by atoms with van der Waals surface area (Å²) in [6.07, 6.45) is 3.99. The highest BCUT2D eigenvalue weighted by Crippen LogP contribution is 2.10. The molecule has 1 heterocycles. The third-order valence-corrected chi connectivity index (χ3v) is 5.03. The van der Waals surface area contributed by atoms with E-state index in [9.17, 15) is 9.59 Å². The lowest BCUT2D eigenvalue weighted by atomic mass is 10.1. The minimum atomic E-state index is 0.201. The molecule has 1 aliphatic heterocycles. The fourth-order valence-electron chi connectivity index (χ4n) is 3.44. The van der Waals surface area contributed by atoms with Crippen molar-refractivity contribution in [1.82, 2.24) is 20.4 Å². The molecule has 174 valence electrons. The largest absolute Gasteiger partial charge is 0.383 e. The first-order chi connectivity index (χ1) is 14.4. The number of hydrogen-bond acceptors (Lipinski definition) is 4. The predicted molar refractivity (Wildman–Crippen MR) is 122 cm³/mol. The Bertz CT molecular complexity index is 531. The molecule has 0 bridgehead atoms. The maximum atomic E-state index is 12.4. The standard InChI is InChI=1S/C22H43N5O3/c1-6-23-22(25-19(4)17-30-5)24-11-9-7-8-10-20(28)26-12-14-27(15-13-26)21(29)16-18(2)3/h18-19H,6-17H2,1-5H3,(H2,23,24,25). The SMILES string of the molecule is CCNC(=NCCCCCC(=O)N1CCN(C(=O)CC(C)C)CC1)NC(C)COC. The molecule has 1 aliphatic rings. The van der Waals surface area contributed by atoms with Gasteiger partial charge in [0, 0.05) is 65.3 Å². The van der Waals surface area contributed by atoms with Crippen molar-refractivity contribution in [2.45, 2.75) is 65.8 Å². The second-order valence-corrected chi connectivity index (χ2v) is 8.43. The number of carbonyl (C=O) groups excluding carboxylic acids is 2. The Labute approximate surface area is 182 Å². The lowest BCUT2D eigenvalue weighted by Gasteiger charge is -2.35. The summed E-state index contributed by atoms with van der Waals surface area (Å²) in [6, 6.07) is 0.201. The Morgan fingerprint density at radius 2 is 1.63 bits per heavy atom. The fraction of sp³-hybridized carbons (Fsp3) is 0.864. The number of methoxy groups -OCH3 is 1. The number of guanidine groups is 1. The topological polar surface area (TPSA) is 86.3 Å². The highest BCUT2D eigenvalue weighted by Gasteiger charge is 2.23. The molecular formula is C22H43N5O3. The molecule has 30 heavy (non-hydrogen) atoms. The van der Waals surface area contributed by atoms with E-state index < -0.39 is 0 Å². The molecule has 0 aliphatic carbocycles. The highest BCUT2D eigenvalue weighted by molar-refractivity contribution is 5.80. The summed E-state index contributed by atoms with van der Waals surface area (Å²) < 4.78 is 5.14. The van der Waals surface area contributed by atoms with Crippen molar-refractivity contribution in [3.05, 3.63) is 0 Å². The molecule has 1 fully saturated rings. The first-order valence-electron chi connectivity index (χ1n) is 11.5. The summed E-state index contributed by atoms with van der Waals surface area (Å²) in [5, 5.41) is 6.56. The summed E-state index contributed by atoms with van der Waals surface area (Å²) in [7, 11) is 1.69. The highest BCUT2D eigenvalue weighted by atomic mass is 16.5. The molecule has 0 spiro atoms. The Balaban J connectivity index is 2.21. The van der Waals surface area contributed by atoms with Crippen molar-refractivity contribution in [2.75, 3.05) is 53.0 Å². The lowest BCUT2D eigenvalue weighted by molar-refractivity contribution is -0.140. The van der Waals surface area contributed by atoms with Gasteiger partial charge < -0.3 is 25.2 Å². The molecule has 8 nitrogen and oxygen atoms in total. The minimum absolute atomic E-state index is 0.201. The number of nitrogens with one attached hydrogen (secondary N) is 2. The second kappa shape index (κ2) is 15.0. The van der Waals surface area contributed by atoms with E-state index in [1.165, 1.54) is 0 Å². The lowest BCUT2D eigenvalue weighted by Crippen LogP contribution is -2.50. The van der Waals surface area contributed by atoms with Gasteiger partial charge in [-0.1, -0.05) is 20.3 Å². The van der Waals surface area contributed by atoms with Crippen LogP contribution in [0, 0.1) is 5.92 Å². The van der Waals surface area contributed by atoms with Crippen molar-refractivity contribution < 1.29 is 14.3 Å².